The average Bonchev–Trinajstić information content (AvgIpc) is 2.66. The van der Waals surface area contributed by atoms with Crippen molar-refractivity contribution >= 4 is 17.6 Å². The average molecular weight is 389 g/mol. The van der Waals surface area contributed by atoms with Gasteiger partial charge in [0, 0.05) is 32.0 Å². The van der Waals surface area contributed by atoms with Crippen LogP contribution in [0.1, 0.15) is 64.9 Å². The maximum absolute atomic E-state index is 12.5. The molecule has 1 saturated heterocycles. The molecule has 2 amide bonds. The van der Waals surface area contributed by atoms with Gasteiger partial charge in [-0.25, -0.2) is 0 Å². The van der Waals surface area contributed by atoms with Gasteiger partial charge in [-0.15, -0.1) is 0 Å². The fourth-order valence-corrected chi connectivity index (χ4v) is 3.34. The summed E-state index contributed by atoms with van der Waals surface area (Å²) in [5.41, 5.74) is 1.08. The van der Waals surface area contributed by atoms with Crippen LogP contribution < -0.4 is 10.1 Å². The molecule has 1 fully saturated rings. The molecule has 154 valence electrons. The normalized spacial score (nSPS) is 16.0. The maximum atomic E-state index is 12.5. The summed E-state index contributed by atoms with van der Waals surface area (Å²) in [5.74, 6) is 0.966. The van der Waals surface area contributed by atoms with Gasteiger partial charge in [0.1, 0.15) is 11.5 Å². The van der Waals surface area contributed by atoms with E-state index in [1.54, 1.807) is 11.8 Å². The molecule has 1 aromatic rings. The van der Waals surface area contributed by atoms with Crippen LogP contribution in [0, 0.1) is 0 Å². The Morgan fingerprint density at radius 3 is 2.36 bits per heavy atom. The third kappa shape index (κ3) is 6.36. The van der Waals surface area contributed by atoms with Crippen LogP contribution in [-0.4, -0.2) is 47.7 Å². The lowest BCUT2D eigenvalue weighted by molar-refractivity contribution is -0.134. The van der Waals surface area contributed by atoms with Crippen molar-refractivity contribution in [2.24, 2.45) is 0 Å². The topological polar surface area (TPSA) is 75.7 Å². The quantitative estimate of drug-likeness (QED) is 0.743. The SMILES string of the molecule is CC(=O)CCC(=O)N1CCC(NC(=O)C(C)Oc2ccccc2C(C)C)CC1. The Morgan fingerprint density at radius 2 is 1.75 bits per heavy atom. The van der Waals surface area contributed by atoms with Crippen molar-refractivity contribution in [3.8, 4) is 5.75 Å². The maximum Gasteiger partial charge on any atom is 0.260 e. The minimum atomic E-state index is -0.588. The lowest BCUT2D eigenvalue weighted by Gasteiger charge is -2.33. The number of piperidine rings is 1. The molecule has 0 bridgehead atoms. The highest BCUT2D eigenvalue weighted by atomic mass is 16.5. The van der Waals surface area contributed by atoms with Crippen LogP contribution in [0.3, 0.4) is 0 Å². The fourth-order valence-electron chi connectivity index (χ4n) is 3.34. The monoisotopic (exact) mass is 388 g/mol. The number of carbonyl (C=O) groups excluding carboxylic acids is 3. The van der Waals surface area contributed by atoms with E-state index in [2.05, 4.69) is 19.2 Å². The number of benzene rings is 1. The predicted octanol–water partition coefficient (Wildman–Crippen LogP) is 3.05. The van der Waals surface area contributed by atoms with Gasteiger partial charge in [-0.05, 0) is 44.2 Å². The Labute approximate surface area is 167 Å². The highest BCUT2D eigenvalue weighted by Gasteiger charge is 2.26. The second-order valence-corrected chi connectivity index (χ2v) is 7.82. The number of ketones is 1. The number of nitrogens with one attached hydrogen (secondary N) is 1. The molecule has 1 aliphatic rings. The van der Waals surface area contributed by atoms with Crippen LogP contribution in [0.15, 0.2) is 24.3 Å². The van der Waals surface area contributed by atoms with Gasteiger partial charge in [-0.2, -0.15) is 0 Å². The first kappa shape index (κ1) is 21.9. The van der Waals surface area contributed by atoms with E-state index in [9.17, 15) is 14.4 Å². The van der Waals surface area contributed by atoms with E-state index < -0.39 is 6.10 Å². The summed E-state index contributed by atoms with van der Waals surface area (Å²) >= 11 is 0. The van der Waals surface area contributed by atoms with E-state index in [1.807, 2.05) is 24.3 Å². The first-order valence-electron chi connectivity index (χ1n) is 10.1. The minimum absolute atomic E-state index is 0.0157. The molecule has 1 atom stereocenters. The van der Waals surface area contributed by atoms with E-state index in [-0.39, 0.29) is 30.1 Å². The molecule has 1 aliphatic heterocycles. The Kier molecular flexibility index (Phi) is 8.03. The zero-order valence-electron chi connectivity index (χ0n) is 17.4. The minimum Gasteiger partial charge on any atom is -0.481 e. The second-order valence-electron chi connectivity index (χ2n) is 7.82. The Morgan fingerprint density at radius 1 is 1.11 bits per heavy atom. The largest absolute Gasteiger partial charge is 0.481 e. The molecule has 2 rings (SSSR count). The molecule has 0 spiro atoms. The van der Waals surface area contributed by atoms with E-state index in [0.29, 0.717) is 38.3 Å². The summed E-state index contributed by atoms with van der Waals surface area (Å²) in [4.78, 5) is 37.4. The van der Waals surface area contributed by atoms with Gasteiger partial charge >= 0.3 is 0 Å². The molecular weight excluding hydrogens is 356 g/mol. The van der Waals surface area contributed by atoms with Crippen LogP contribution in [0.25, 0.3) is 0 Å². The molecule has 6 heteroatoms. The summed E-state index contributed by atoms with van der Waals surface area (Å²) in [7, 11) is 0. The van der Waals surface area contributed by atoms with Crippen LogP contribution >= 0.6 is 0 Å². The van der Waals surface area contributed by atoms with Crippen LogP contribution in [0.4, 0.5) is 0 Å². The molecule has 6 nitrogen and oxygen atoms in total. The molecule has 0 aliphatic carbocycles. The van der Waals surface area contributed by atoms with E-state index in [1.165, 1.54) is 6.92 Å². The van der Waals surface area contributed by atoms with Gasteiger partial charge in [0.25, 0.3) is 5.91 Å². The number of ether oxygens (including phenoxy) is 1. The number of hydrogen-bond acceptors (Lipinski definition) is 4. The molecule has 0 aromatic heterocycles. The summed E-state index contributed by atoms with van der Waals surface area (Å²) in [5, 5.41) is 3.04. The highest BCUT2D eigenvalue weighted by molar-refractivity contribution is 5.84. The number of rotatable bonds is 8. The van der Waals surface area contributed by atoms with Gasteiger partial charge in [-0.3, -0.25) is 9.59 Å². The van der Waals surface area contributed by atoms with Crippen molar-refractivity contribution in [1.29, 1.82) is 0 Å². The van der Waals surface area contributed by atoms with Gasteiger partial charge < -0.3 is 19.7 Å². The summed E-state index contributed by atoms with van der Waals surface area (Å²) in [6.45, 7) is 8.65. The number of nitrogens with zero attached hydrogens (tertiary/aromatic N) is 1. The van der Waals surface area contributed by atoms with Crippen molar-refractivity contribution in [2.45, 2.75) is 71.4 Å². The van der Waals surface area contributed by atoms with E-state index >= 15 is 0 Å². The third-order valence-electron chi connectivity index (χ3n) is 5.10. The van der Waals surface area contributed by atoms with Crippen molar-refractivity contribution in [3.05, 3.63) is 29.8 Å². The predicted molar refractivity (Wildman–Crippen MR) is 108 cm³/mol. The standard InChI is InChI=1S/C22H32N2O4/c1-15(2)19-7-5-6-8-20(19)28-17(4)22(27)23-18-11-13-24(14-12-18)21(26)10-9-16(3)25/h5-8,15,17-18H,9-14H2,1-4H3,(H,23,27). The van der Waals surface area contributed by atoms with Crippen molar-refractivity contribution in [1.82, 2.24) is 10.2 Å². The van der Waals surface area contributed by atoms with E-state index in [0.717, 1.165) is 11.3 Å². The van der Waals surface area contributed by atoms with Crippen LogP contribution in [-0.2, 0) is 14.4 Å². The molecule has 0 radical (unpaired) electrons. The number of likely N-dealkylation sites (tertiary alicyclic amines) is 1. The molecule has 1 heterocycles. The summed E-state index contributed by atoms with van der Waals surface area (Å²) in [6, 6.07) is 7.83. The first-order valence-corrected chi connectivity index (χ1v) is 10.1. The zero-order valence-corrected chi connectivity index (χ0v) is 17.4. The Hall–Kier alpha value is -2.37. The Bertz CT molecular complexity index is 694. The lowest BCUT2D eigenvalue weighted by atomic mass is 10.0. The first-order chi connectivity index (χ1) is 13.3. The van der Waals surface area contributed by atoms with Gasteiger partial charge in [0.2, 0.25) is 5.91 Å². The lowest BCUT2D eigenvalue weighted by Crippen LogP contribution is -2.49. The number of amides is 2. The van der Waals surface area contributed by atoms with Crippen LogP contribution in [0.5, 0.6) is 5.75 Å². The molecular formula is C22H32N2O4. The van der Waals surface area contributed by atoms with Crippen molar-refractivity contribution in [2.75, 3.05) is 13.1 Å². The van der Waals surface area contributed by atoms with Gasteiger partial charge in [0.05, 0.1) is 0 Å². The molecule has 1 N–H and O–H groups in total. The summed E-state index contributed by atoms with van der Waals surface area (Å²) in [6.07, 6.45) is 1.41. The molecule has 28 heavy (non-hydrogen) atoms. The smallest absolute Gasteiger partial charge is 0.260 e. The third-order valence-corrected chi connectivity index (χ3v) is 5.10. The number of carbonyl (C=O) groups is 3. The number of hydrogen-bond donors (Lipinski definition) is 1. The number of Topliss-reactive ketones (excluding diaryl/α,β-unsaturated/α-hetero) is 1. The highest BCUT2D eigenvalue weighted by Crippen LogP contribution is 2.26. The van der Waals surface area contributed by atoms with Crippen molar-refractivity contribution < 1.29 is 19.1 Å². The van der Waals surface area contributed by atoms with Gasteiger partial charge in [-0.1, -0.05) is 32.0 Å². The van der Waals surface area contributed by atoms with Gasteiger partial charge in [0.15, 0.2) is 6.10 Å². The Balaban J connectivity index is 1.81. The second kappa shape index (κ2) is 10.2. The zero-order chi connectivity index (χ0) is 20.7. The molecule has 1 aromatic carbocycles. The number of para-hydroxylation sites is 1. The molecule has 0 saturated carbocycles. The van der Waals surface area contributed by atoms with Crippen molar-refractivity contribution in [3.63, 3.8) is 0 Å². The fraction of sp³-hybridized carbons (Fsp3) is 0.591. The summed E-state index contributed by atoms with van der Waals surface area (Å²) < 4.78 is 5.92. The van der Waals surface area contributed by atoms with E-state index in [4.69, 9.17) is 4.74 Å². The molecule has 1 unspecified atom stereocenters. The van der Waals surface area contributed by atoms with Crippen LogP contribution in [0.2, 0.25) is 0 Å².